The fourth-order valence-electron chi connectivity index (χ4n) is 9.73. The third-order valence-corrected chi connectivity index (χ3v) is 12.8. The zero-order valence-electron chi connectivity index (χ0n) is 36.0. The van der Waals surface area contributed by atoms with Crippen molar-refractivity contribution in [1.82, 2.24) is 15.0 Å². The molecule has 0 amide bonds. The molecule has 3 heteroatoms. The van der Waals surface area contributed by atoms with E-state index in [2.05, 4.69) is 237 Å². The molecule has 0 atom stereocenters. The van der Waals surface area contributed by atoms with Crippen LogP contribution in [0, 0.1) is 0 Å². The summed E-state index contributed by atoms with van der Waals surface area (Å²) in [5.41, 5.74) is 14.5. The first-order chi connectivity index (χ1) is 32.8. The van der Waals surface area contributed by atoms with Gasteiger partial charge >= 0.3 is 0 Å². The predicted octanol–water partition coefficient (Wildman–Crippen LogP) is 16.7. The maximum atomic E-state index is 5.36. The molecule has 0 fully saturated rings. The summed E-state index contributed by atoms with van der Waals surface area (Å²) in [7, 11) is 0. The van der Waals surface area contributed by atoms with Gasteiger partial charge < -0.3 is 0 Å². The maximum absolute atomic E-state index is 5.36. The van der Waals surface area contributed by atoms with Gasteiger partial charge in [0.2, 0.25) is 0 Å². The summed E-state index contributed by atoms with van der Waals surface area (Å²) in [5, 5.41) is 7.03. The molecule has 1 heterocycles. The molecule has 0 N–H and O–H groups in total. The summed E-state index contributed by atoms with van der Waals surface area (Å²) in [4.78, 5) is 15.9. The number of rotatable bonds is 8. The van der Waals surface area contributed by atoms with Crippen molar-refractivity contribution in [3.05, 3.63) is 249 Å². The van der Waals surface area contributed by atoms with E-state index in [0.717, 1.165) is 55.3 Å². The predicted molar refractivity (Wildman–Crippen MR) is 276 cm³/mol. The molecule has 1 aromatic heterocycles. The number of fused-ring (bicyclic) bond motifs is 3. The molecule has 11 aromatic carbocycles. The lowest BCUT2D eigenvalue weighted by Crippen LogP contribution is -2.02. The van der Waals surface area contributed by atoms with Gasteiger partial charge in [-0.1, -0.05) is 243 Å². The molecule has 0 bridgehead atoms. The molecule has 12 rings (SSSR count). The highest BCUT2D eigenvalue weighted by Crippen LogP contribution is 2.48. The van der Waals surface area contributed by atoms with E-state index in [-0.39, 0.29) is 0 Å². The molecule has 12 aromatic rings. The Balaban J connectivity index is 1.07. The van der Waals surface area contributed by atoms with Crippen LogP contribution in [0.2, 0.25) is 0 Å². The SMILES string of the molecule is c1ccc(-c2ccc(-c3nc(-c4ccccc4-c4ccccc4)nc(-c4ccc(-c5c6ccccc6c(-c6ccccc6-c6ccccc6)c6ccccc56)c5ccccc45)n3)cc2)cc1. The van der Waals surface area contributed by atoms with E-state index in [0.29, 0.717) is 17.5 Å². The van der Waals surface area contributed by atoms with E-state index < -0.39 is 0 Å². The van der Waals surface area contributed by atoms with Gasteiger partial charge in [-0.3, -0.25) is 0 Å². The average Bonchev–Trinajstić information content (AvgIpc) is 3.40. The summed E-state index contributed by atoms with van der Waals surface area (Å²) in [6.07, 6.45) is 0. The Kier molecular flexibility index (Phi) is 9.85. The second-order valence-corrected chi connectivity index (χ2v) is 16.6. The quantitative estimate of drug-likeness (QED) is 0.143. The van der Waals surface area contributed by atoms with Crippen molar-refractivity contribution in [2.75, 3.05) is 0 Å². The van der Waals surface area contributed by atoms with Crippen LogP contribution in [0.1, 0.15) is 0 Å². The number of hydrogen-bond acceptors (Lipinski definition) is 3. The molecule has 0 aliphatic heterocycles. The van der Waals surface area contributed by atoms with Gasteiger partial charge in [-0.2, -0.15) is 0 Å². The molecule has 66 heavy (non-hydrogen) atoms. The average molecular weight is 840 g/mol. The van der Waals surface area contributed by atoms with Crippen LogP contribution in [-0.4, -0.2) is 15.0 Å². The Morgan fingerprint density at radius 3 is 1.02 bits per heavy atom. The Hall–Kier alpha value is -8.79. The van der Waals surface area contributed by atoms with Gasteiger partial charge in [0.25, 0.3) is 0 Å². The van der Waals surface area contributed by atoms with Gasteiger partial charge in [0.1, 0.15) is 0 Å². The lowest BCUT2D eigenvalue weighted by Gasteiger charge is -2.21. The second kappa shape index (κ2) is 16.7. The number of aromatic nitrogens is 3. The van der Waals surface area contributed by atoms with Gasteiger partial charge in [-0.05, 0) is 94.0 Å². The van der Waals surface area contributed by atoms with Crippen LogP contribution in [0.3, 0.4) is 0 Å². The van der Waals surface area contributed by atoms with Crippen molar-refractivity contribution in [2.45, 2.75) is 0 Å². The van der Waals surface area contributed by atoms with E-state index in [9.17, 15) is 0 Å². The molecule has 308 valence electrons. The topological polar surface area (TPSA) is 38.7 Å². The van der Waals surface area contributed by atoms with Crippen molar-refractivity contribution in [3.8, 4) is 89.8 Å². The van der Waals surface area contributed by atoms with Crippen molar-refractivity contribution in [2.24, 2.45) is 0 Å². The number of hydrogen-bond donors (Lipinski definition) is 0. The molecule has 0 aliphatic carbocycles. The Bertz CT molecular complexity index is 3670. The molecular weight excluding hydrogens is 799 g/mol. The van der Waals surface area contributed by atoms with Crippen LogP contribution < -0.4 is 0 Å². The summed E-state index contributed by atoms with van der Waals surface area (Å²) in [5.74, 6) is 1.86. The highest BCUT2D eigenvalue weighted by atomic mass is 15.0. The Labute approximate surface area is 384 Å². The van der Waals surface area contributed by atoms with Gasteiger partial charge in [-0.25, -0.2) is 15.0 Å². The van der Waals surface area contributed by atoms with Crippen LogP contribution in [0.15, 0.2) is 249 Å². The minimum Gasteiger partial charge on any atom is -0.208 e. The standard InChI is InChI=1S/C63H41N3/c1-4-20-42(21-5-1)43-36-38-46(39-37-43)61-64-62(57-35-19-11-27-48(57)45-24-8-3-9-25-45)66-63(65-61)58-41-40-56(49-28-12-13-29-50(49)58)60-54-33-17-15-31-52(54)59(53-32-16-18-34-55(53)60)51-30-14-10-26-47(51)44-22-6-2-7-23-44/h1-41H. The van der Waals surface area contributed by atoms with Crippen molar-refractivity contribution >= 4 is 32.3 Å². The minimum absolute atomic E-state index is 0.619. The molecule has 0 radical (unpaired) electrons. The zero-order valence-corrected chi connectivity index (χ0v) is 36.0. The summed E-state index contributed by atoms with van der Waals surface area (Å²) < 4.78 is 0. The molecule has 0 aliphatic rings. The highest BCUT2D eigenvalue weighted by Gasteiger charge is 2.22. The number of nitrogens with zero attached hydrogens (tertiary/aromatic N) is 3. The smallest absolute Gasteiger partial charge is 0.164 e. The van der Waals surface area contributed by atoms with E-state index >= 15 is 0 Å². The largest absolute Gasteiger partial charge is 0.208 e. The number of benzene rings is 11. The monoisotopic (exact) mass is 839 g/mol. The Morgan fingerprint density at radius 2 is 0.485 bits per heavy atom. The van der Waals surface area contributed by atoms with Crippen LogP contribution >= 0.6 is 0 Å². The zero-order chi connectivity index (χ0) is 43.8. The van der Waals surface area contributed by atoms with E-state index in [1.807, 2.05) is 12.1 Å². The summed E-state index contributed by atoms with van der Waals surface area (Å²) in [6.45, 7) is 0. The third kappa shape index (κ3) is 6.91. The highest BCUT2D eigenvalue weighted by molar-refractivity contribution is 6.24. The second-order valence-electron chi connectivity index (χ2n) is 16.6. The lowest BCUT2D eigenvalue weighted by molar-refractivity contribution is 1.08. The minimum atomic E-state index is 0.619. The third-order valence-electron chi connectivity index (χ3n) is 12.8. The molecule has 0 spiro atoms. The summed E-state index contributed by atoms with van der Waals surface area (Å²) >= 11 is 0. The van der Waals surface area contributed by atoms with Crippen LogP contribution in [0.25, 0.3) is 122 Å². The van der Waals surface area contributed by atoms with Crippen LogP contribution in [0.4, 0.5) is 0 Å². The van der Waals surface area contributed by atoms with Crippen LogP contribution in [-0.2, 0) is 0 Å². The molecule has 3 nitrogen and oxygen atoms in total. The molecule has 0 unspecified atom stereocenters. The Morgan fingerprint density at radius 1 is 0.167 bits per heavy atom. The van der Waals surface area contributed by atoms with Crippen molar-refractivity contribution < 1.29 is 0 Å². The van der Waals surface area contributed by atoms with Gasteiger partial charge in [-0.15, -0.1) is 0 Å². The van der Waals surface area contributed by atoms with Crippen molar-refractivity contribution in [1.29, 1.82) is 0 Å². The van der Waals surface area contributed by atoms with E-state index in [1.165, 1.54) is 49.4 Å². The van der Waals surface area contributed by atoms with Crippen LogP contribution in [0.5, 0.6) is 0 Å². The first-order valence-corrected chi connectivity index (χ1v) is 22.4. The van der Waals surface area contributed by atoms with E-state index in [1.54, 1.807) is 0 Å². The van der Waals surface area contributed by atoms with Gasteiger partial charge in [0, 0.05) is 16.7 Å². The lowest BCUT2D eigenvalue weighted by atomic mass is 9.82. The van der Waals surface area contributed by atoms with Crippen molar-refractivity contribution in [3.63, 3.8) is 0 Å². The fraction of sp³-hybridized carbons (Fsp3) is 0. The van der Waals surface area contributed by atoms with E-state index in [4.69, 9.17) is 15.0 Å². The first kappa shape index (κ1) is 38.9. The van der Waals surface area contributed by atoms with Gasteiger partial charge in [0.05, 0.1) is 0 Å². The molecule has 0 saturated carbocycles. The fourth-order valence-corrected chi connectivity index (χ4v) is 9.73. The van der Waals surface area contributed by atoms with Gasteiger partial charge in [0.15, 0.2) is 17.5 Å². The molecular formula is C63H41N3. The maximum Gasteiger partial charge on any atom is 0.164 e. The molecule has 0 saturated heterocycles. The first-order valence-electron chi connectivity index (χ1n) is 22.4. The summed E-state index contributed by atoms with van der Waals surface area (Å²) in [6, 6.07) is 88.4. The normalized spacial score (nSPS) is 11.3.